The standard InChI is InChI=1S/C11H15ClN2.CH3I.CH4/c1-8-10(12)6-9(7-13-8)11-4-3-5-14(11)2;1-2;/h6-7,11H,3-5H2,1-2H3;1H3;1H4/t11-;;/m0../s1. The van der Waals surface area contributed by atoms with Gasteiger partial charge in [0.25, 0.3) is 0 Å². The number of aromatic nitrogens is 1. The van der Waals surface area contributed by atoms with E-state index in [-0.39, 0.29) is 7.43 Å². The highest BCUT2D eigenvalue weighted by Gasteiger charge is 2.22. The van der Waals surface area contributed by atoms with Crippen LogP contribution in [0.4, 0.5) is 0 Å². The molecule has 0 amide bonds. The number of pyridine rings is 1. The molecule has 0 N–H and O–H groups in total. The van der Waals surface area contributed by atoms with Crippen molar-refractivity contribution in [3.8, 4) is 0 Å². The Kier molecular flexibility index (Phi) is 8.33. The largest absolute Gasteiger partial charge is 0.299 e. The molecule has 1 saturated heterocycles. The fourth-order valence-electron chi connectivity index (χ4n) is 2.03. The van der Waals surface area contributed by atoms with Gasteiger partial charge in [-0.1, -0.05) is 41.6 Å². The van der Waals surface area contributed by atoms with Gasteiger partial charge in [0.2, 0.25) is 0 Å². The maximum Gasteiger partial charge on any atom is 0.0621 e. The summed E-state index contributed by atoms with van der Waals surface area (Å²) < 4.78 is 0. The van der Waals surface area contributed by atoms with Crippen LogP contribution in [-0.2, 0) is 0 Å². The number of alkyl halides is 1. The number of hydrogen-bond acceptors (Lipinski definition) is 2. The zero-order chi connectivity index (χ0) is 12.1. The molecule has 2 rings (SSSR count). The molecule has 0 aliphatic carbocycles. The SMILES string of the molecule is C.CI.Cc1ncc([C@@H]2CCCN2C)cc1Cl. The topological polar surface area (TPSA) is 16.1 Å². The van der Waals surface area contributed by atoms with E-state index in [0.29, 0.717) is 6.04 Å². The van der Waals surface area contributed by atoms with Gasteiger partial charge in [-0.2, -0.15) is 0 Å². The van der Waals surface area contributed by atoms with E-state index in [1.54, 1.807) is 0 Å². The van der Waals surface area contributed by atoms with Crippen molar-refractivity contribution in [3.63, 3.8) is 0 Å². The molecule has 0 saturated carbocycles. The van der Waals surface area contributed by atoms with Gasteiger partial charge in [0.1, 0.15) is 0 Å². The average Bonchev–Trinajstić information content (AvgIpc) is 2.72. The van der Waals surface area contributed by atoms with Crippen molar-refractivity contribution in [1.82, 2.24) is 9.88 Å². The van der Waals surface area contributed by atoms with E-state index in [0.717, 1.165) is 10.7 Å². The van der Waals surface area contributed by atoms with Crippen LogP contribution in [0.15, 0.2) is 12.3 Å². The lowest BCUT2D eigenvalue weighted by Gasteiger charge is -2.19. The second-order valence-electron chi connectivity index (χ2n) is 3.97. The second-order valence-corrected chi connectivity index (χ2v) is 4.38. The van der Waals surface area contributed by atoms with Gasteiger partial charge in [0.15, 0.2) is 0 Å². The number of hydrogen-bond donors (Lipinski definition) is 0. The first-order valence-corrected chi connectivity index (χ1v) is 7.92. The first-order chi connectivity index (χ1) is 7.68. The molecule has 0 spiro atoms. The quantitative estimate of drug-likeness (QED) is 0.536. The maximum atomic E-state index is 6.06. The number of likely N-dealkylation sites (tertiary alicyclic amines) is 1. The summed E-state index contributed by atoms with van der Waals surface area (Å²) in [6.07, 6.45) is 4.44. The predicted molar refractivity (Wildman–Crippen MR) is 85.3 cm³/mol. The summed E-state index contributed by atoms with van der Waals surface area (Å²) >= 11 is 8.21. The Bertz CT molecular complexity index is 344. The second kappa shape index (κ2) is 8.27. The van der Waals surface area contributed by atoms with Gasteiger partial charge < -0.3 is 0 Å². The zero-order valence-electron chi connectivity index (χ0n) is 10.0. The van der Waals surface area contributed by atoms with Gasteiger partial charge in [-0.05, 0) is 49.9 Å². The number of aryl methyl sites for hydroxylation is 1. The fourth-order valence-corrected chi connectivity index (χ4v) is 2.21. The van der Waals surface area contributed by atoms with Crippen LogP contribution < -0.4 is 0 Å². The van der Waals surface area contributed by atoms with Crippen LogP contribution in [0.1, 0.15) is 37.6 Å². The van der Waals surface area contributed by atoms with Gasteiger partial charge in [-0.15, -0.1) is 0 Å². The minimum absolute atomic E-state index is 0. The third kappa shape index (κ3) is 4.38. The van der Waals surface area contributed by atoms with E-state index in [1.165, 1.54) is 24.9 Å². The molecule has 1 aromatic heterocycles. The van der Waals surface area contributed by atoms with E-state index in [1.807, 2.05) is 18.1 Å². The van der Waals surface area contributed by atoms with Crippen molar-refractivity contribution in [2.75, 3.05) is 18.5 Å². The molecule has 2 heterocycles. The Morgan fingerprint density at radius 1 is 1.47 bits per heavy atom. The molecule has 98 valence electrons. The van der Waals surface area contributed by atoms with Crippen molar-refractivity contribution >= 4 is 34.2 Å². The van der Waals surface area contributed by atoms with Crippen LogP contribution in [0.25, 0.3) is 0 Å². The normalized spacial score (nSPS) is 19.2. The summed E-state index contributed by atoms with van der Waals surface area (Å²) in [7, 11) is 2.16. The molecular formula is C13H22ClIN2. The smallest absolute Gasteiger partial charge is 0.0621 e. The minimum Gasteiger partial charge on any atom is -0.299 e. The first kappa shape index (κ1) is 17.1. The number of nitrogens with zero attached hydrogens (tertiary/aromatic N) is 2. The monoisotopic (exact) mass is 368 g/mol. The van der Waals surface area contributed by atoms with E-state index in [9.17, 15) is 0 Å². The van der Waals surface area contributed by atoms with E-state index < -0.39 is 0 Å². The van der Waals surface area contributed by atoms with Crippen molar-refractivity contribution in [1.29, 1.82) is 0 Å². The van der Waals surface area contributed by atoms with Crippen molar-refractivity contribution < 1.29 is 0 Å². The highest BCUT2D eigenvalue weighted by molar-refractivity contribution is 14.1. The molecule has 4 heteroatoms. The van der Waals surface area contributed by atoms with Gasteiger partial charge in [-0.25, -0.2) is 0 Å². The van der Waals surface area contributed by atoms with Gasteiger partial charge in [0, 0.05) is 12.2 Å². The summed E-state index contributed by atoms with van der Waals surface area (Å²) in [6.45, 7) is 3.11. The third-order valence-corrected chi connectivity index (χ3v) is 3.33. The van der Waals surface area contributed by atoms with Crippen LogP contribution in [0, 0.1) is 6.92 Å². The summed E-state index contributed by atoms with van der Waals surface area (Å²) in [6, 6.07) is 2.57. The molecule has 1 aromatic rings. The Labute approximate surface area is 124 Å². The third-order valence-electron chi connectivity index (χ3n) is 2.95. The molecule has 0 unspecified atom stereocenters. The van der Waals surface area contributed by atoms with Crippen molar-refractivity contribution in [3.05, 3.63) is 28.5 Å². The van der Waals surface area contributed by atoms with E-state index >= 15 is 0 Å². The molecule has 1 aliphatic rings. The Balaban J connectivity index is 0.000000811. The lowest BCUT2D eigenvalue weighted by Crippen LogP contribution is -2.17. The summed E-state index contributed by atoms with van der Waals surface area (Å²) in [4.78, 5) is 8.63. The van der Waals surface area contributed by atoms with Gasteiger partial charge in [0.05, 0.1) is 10.7 Å². The summed E-state index contributed by atoms with van der Waals surface area (Å²) in [5.41, 5.74) is 2.16. The Morgan fingerprint density at radius 2 is 2.12 bits per heavy atom. The fraction of sp³-hybridized carbons (Fsp3) is 0.615. The van der Waals surface area contributed by atoms with Crippen LogP contribution in [0.3, 0.4) is 0 Å². The minimum atomic E-state index is 0. The lowest BCUT2D eigenvalue weighted by molar-refractivity contribution is 0.317. The highest BCUT2D eigenvalue weighted by Crippen LogP contribution is 2.31. The summed E-state index contributed by atoms with van der Waals surface area (Å²) in [5.74, 6) is 0. The van der Waals surface area contributed by atoms with Gasteiger partial charge >= 0.3 is 0 Å². The predicted octanol–water partition coefficient (Wildman–Crippen LogP) is 4.50. The molecule has 1 fully saturated rings. The molecule has 1 atom stereocenters. The zero-order valence-corrected chi connectivity index (χ0v) is 12.9. The van der Waals surface area contributed by atoms with Crippen LogP contribution in [-0.4, -0.2) is 28.4 Å². The van der Waals surface area contributed by atoms with Crippen LogP contribution in [0.5, 0.6) is 0 Å². The van der Waals surface area contributed by atoms with E-state index in [2.05, 4.69) is 45.6 Å². The van der Waals surface area contributed by atoms with Gasteiger partial charge in [-0.3, -0.25) is 9.88 Å². The molecule has 0 aromatic carbocycles. The van der Waals surface area contributed by atoms with Crippen molar-refractivity contribution in [2.24, 2.45) is 0 Å². The lowest BCUT2D eigenvalue weighted by atomic mass is 10.1. The highest BCUT2D eigenvalue weighted by atomic mass is 127. The molecule has 1 aliphatic heterocycles. The average molecular weight is 369 g/mol. The Morgan fingerprint density at radius 3 is 2.59 bits per heavy atom. The number of halogens is 2. The van der Waals surface area contributed by atoms with Crippen molar-refractivity contribution in [2.45, 2.75) is 33.2 Å². The number of rotatable bonds is 1. The van der Waals surface area contributed by atoms with Crippen LogP contribution >= 0.6 is 34.2 Å². The molecule has 0 bridgehead atoms. The van der Waals surface area contributed by atoms with E-state index in [4.69, 9.17) is 11.6 Å². The maximum absolute atomic E-state index is 6.06. The summed E-state index contributed by atoms with van der Waals surface area (Å²) in [5, 5.41) is 0.780. The Hall–Kier alpha value is 0.130. The molecule has 2 nitrogen and oxygen atoms in total. The molecule has 17 heavy (non-hydrogen) atoms. The first-order valence-electron chi connectivity index (χ1n) is 5.38. The van der Waals surface area contributed by atoms with Crippen LogP contribution in [0.2, 0.25) is 5.02 Å². The molecule has 0 radical (unpaired) electrons. The molecular weight excluding hydrogens is 347 g/mol.